The van der Waals surface area contributed by atoms with Gasteiger partial charge in [0.15, 0.2) is 5.11 Å². The van der Waals surface area contributed by atoms with E-state index < -0.39 is 6.04 Å². The fourth-order valence-corrected chi connectivity index (χ4v) is 4.80. The average molecular weight is 500 g/mol. The van der Waals surface area contributed by atoms with E-state index in [1.807, 2.05) is 36.1 Å². The summed E-state index contributed by atoms with van der Waals surface area (Å²) in [6, 6.07) is 14.0. The minimum atomic E-state index is -0.645. The number of rotatable bonds is 7. The molecule has 0 saturated carbocycles. The van der Waals surface area contributed by atoms with Crippen LogP contribution in [0.15, 0.2) is 48.5 Å². The summed E-state index contributed by atoms with van der Waals surface area (Å²) in [6.07, 6.45) is 0.0205. The second-order valence-corrected chi connectivity index (χ2v) is 9.71. The molecule has 0 aromatic heterocycles. The summed E-state index contributed by atoms with van der Waals surface area (Å²) in [5.41, 5.74) is 2.47. The topological polar surface area (TPSA) is 59.1 Å². The Hall–Kier alpha value is -2.52. The Morgan fingerprint density at radius 3 is 2.32 bits per heavy atom. The smallest absolute Gasteiger partial charge is 0.256 e. The Bertz CT molecular complexity index is 1040. The third-order valence-corrected chi connectivity index (χ3v) is 7.04. The molecule has 2 aliphatic heterocycles. The molecule has 2 fully saturated rings. The van der Waals surface area contributed by atoms with Crippen LogP contribution in [-0.4, -0.2) is 84.0 Å². The number of likely N-dealkylation sites (N-methyl/N-ethyl adjacent to an activating group) is 1. The predicted octanol–water partition coefficient (Wildman–Crippen LogP) is 3.23. The molecule has 34 heavy (non-hydrogen) atoms. The van der Waals surface area contributed by atoms with Gasteiger partial charge in [0.25, 0.3) is 5.91 Å². The summed E-state index contributed by atoms with van der Waals surface area (Å²) in [5.74, 6) is -0.405. The van der Waals surface area contributed by atoms with Crippen LogP contribution in [0, 0.1) is 6.92 Å². The predicted molar refractivity (Wildman–Crippen MR) is 140 cm³/mol. The summed E-state index contributed by atoms with van der Waals surface area (Å²) in [4.78, 5) is 34.6. The van der Waals surface area contributed by atoms with Crippen molar-refractivity contribution in [3.8, 4) is 0 Å². The molecule has 2 aliphatic rings. The fourth-order valence-electron chi connectivity index (χ4n) is 4.26. The second kappa shape index (κ2) is 10.8. The highest BCUT2D eigenvalue weighted by Crippen LogP contribution is 2.28. The zero-order chi connectivity index (χ0) is 24.2. The quantitative estimate of drug-likeness (QED) is 0.590. The lowest BCUT2D eigenvalue weighted by Crippen LogP contribution is -2.48. The molecular formula is C25H30ClN5O2S. The van der Waals surface area contributed by atoms with Gasteiger partial charge in [-0.1, -0.05) is 29.3 Å². The maximum Gasteiger partial charge on any atom is 0.256 e. The monoisotopic (exact) mass is 499 g/mol. The van der Waals surface area contributed by atoms with Crippen molar-refractivity contribution < 1.29 is 9.59 Å². The van der Waals surface area contributed by atoms with Crippen LogP contribution in [0.5, 0.6) is 0 Å². The second-order valence-electron chi connectivity index (χ2n) is 8.91. The van der Waals surface area contributed by atoms with Crippen LogP contribution in [0.3, 0.4) is 0 Å². The standard InChI is InChI=1S/C25H30ClN5O2S/c1-18-3-9-21(10-4-18)31-24(33)22(17-23(32)27-20-7-5-19(26)6-8-20)30(25(31)34)16-15-29-13-11-28(2)12-14-29/h3-10,22H,11-17H2,1-2H3,(H,27,32)/t22-/m1/s1. The van der Waals surface area contributed by atoms with Crippen LogP contribution in [0.4, 0.5) is 11.4 Å². The molecule has 1 atom stereocenters. The van der Waals surface area contributed by atoms with E-state index in [1.165, 1.54) is 0 Å². The number of nitrogens with one attached hydrogen (secondary N) is 1. The van der Waals surface area contributed by atoms with Crippen molar-refractivity contribution in [2.45, 2.75) is 19.4 Å². The summed E-state index contributed by atoms with van der Waals surface area (Å²) in [6.45, 7) is 7.38. The molecule has 4 rings (SSSR count). The summed E-state index contributed by atoms with van der Waals surface area (Å²) >= 11 is 11.7. The van der Waals surface area contributed by atoms with Gasteiger partial charge in [0.05, 0.1) is 12.1 Å². The number of carbonyl (C=O) groups excluding carboxylic acids is 2. The van der Waals surface area contributed by atoms with Gasteiger partial charge in [0.2, 0.25) is 5.91 Å². The minimum absolute atomic E-state index is 0.0205. The molecule has 0 unspecified atom stereocenters. The zero-order valence-electron chi connectivity index (χ0n) is 19.5. The maximum atomic E-state index is 13.5. The highest BCUT2D eigenvalue weighted by Gasteiger charge is 2.44. The van der Waals surface area contributed by atoms with Crippen molar-refractivity contribution >= 4 is 52.1 Å². The van der Waals surface area contributed by atoms with E-state index in [-0.39, 0.29) is 18.2 Å². The Labute approximate surface area is 211 Å². The first kappa shape index (κ1) is 24.6. The van der Waals surface area contributed by atoms with Gasteiger partial charge in [-0.15, -0.1) is 0 Å². The van der Waals surface area contributed by atoms with E-state index in [4.69, 9.17) is 23.8 Å². The number of halogens is 1. The zero-order valence-corrected chi connectivity index (χ0v) is 21.1. The number of anilines is 2. The number of nitrogens with zero attached hydrogens (tertiary/aromatic N) is 4. The molecule has 180 valence electrons. The first-order valence-corrected chi connectivity index (χ1v) is 12.3. The van der Waals surface area contributed by atoms with Crippen molar-refractivity contribution in [1.29, 1.82) is 0 Å². The number of thiocarbonyl (C=S) groups is 1. The lowest BCUT2D eigenvalue weighted by atomic mass is 10.1. The van der Waals surface area contributed by atoms with Crippen LogP contribution in [0.1, 0.15) is 12.0 Å². The molecule has 1 N–H and O–H groups in total. The van der Waals surface area contributed by atoms with Gasteiger partial charge in [0.1, 0.15) is 6.04 Å². The largest absolute Gasteiger partial charge is 0.335 e. The first-order chi connectivity index (χ1) is 16.3. The molecule has 2 amide bonds. The summed E-state index contributed by atoms with van der Waals surface area (Å²) in [5, 5.41) is 3.92. The van der Waals surface area contributed by atoms with E-state index >= 15 is 0 Å². The van der Waals surface area contributed by atoms with Gasteiger partial charge >= 0.3 is 0 Å². The summed E-state index contributed by atoms with van der Waals surface area (Å²) in [7, 11) is 2.13. The number of hydrogen-bond donors (Lipinski definition) is 1. The van der Waals surface area contributed by atoms with E-state index in [1.54, 1.807) is 29.2 Å². The van der Waals surface area contributed by atoms with E-state index in [2.05, 4.69) is 22.2 Å². The van der Waals surface area contributed by atoms with E-state index in [0.29, 0.717) is 22.4 Å². The molecule has 2 aromatic rings. The SMILES string of the molecule is Cc1ccc(N2C(=O)[C@@H](CC(=O)Nc3ccc(Cl)cc3)N(CCN3CCN(C)CC3)C2=S)cc1. The number of aryl methyl sites for hydroxylation is 1. The third-order valence-electron chi connectivity index (χ3n) is 6.37. The molecule has 7 nitrogen and oxygen atoms in total. The van der Waals surface area contributed by atoms with Gasteiger partial charge in [0, 0.05) is 50.0 Å². The molecule has 0 bridgehead atoms. The highest BCUT2D eigenvalue weighted by atomic mass is 35.5. The van der Waals surface area contributed by atoms with Gasteiger partial charge in [-0.3, -0.25) is 19.4 Å². The fraction of sp³-hybridized carbons (Fsp3) is 0.400. The number of hydrogen-bond acceptors (Lipinski definition) is 5. The van der Waals surface area contributed by atoms with E-state index in [9.17, 15) is 9.59 Å². The lowest BCUT2D eigenvalue weighted by molar-refractivity contribution is -0.124. The molecule has 0 spiro atoms. The molecule has 9 heteroatoms. The molecule has 2 aromatic carbocycles. The number of carbonyl (C=O) groups is 2. The van der Waals surface area contributed by atoms with Crippen LogP contribution in [0.25, 0.3) is 0 Å². The number of benzene rings is 2. The lowest BCUT2D eigenvalue weighted by Gasteiger charge is -2.34. The maximum absolute atomic E-state index is 13.5. The minimum Gasteiger partial charge on any atom is -0.335 e. The highest BCUT2D eigenvalue weighted by molar-refractivity contribution is 7.80. The molecule has 2 saturated heterocycles. The number of amides is 2. The molecular weight excluding hydrogens is 470 g/mol. The molecule has 0 radical (unpaired) electrons. The molecule has 0 aliphatic carbocycles. The Kier molecular flexibility index (Phi) is 7.83. The van der Waals surface area contributed by atoms with Crippen molar-refractivity contribution in [3.05, 3.63) is 59.1 Å². The van der Waals surface area contributed by atoms with Gasteiger partial charge in [-0.25, -0.2) is 0 Å². The Balaban J connectivity index is 1.50. The van der Waals surface area contributed by atoms with Gasteiger partial charge in [-0.05, 0) is 62.6 Å². The normalized spacial score (nSPS) is 19.7. The van der Waals surface area contributed by atoms with Crippen molar-refractivity contribution in [3.63, 3.8) is 0 Å². The average Bonchev–Trinajstić information content (AvgIpc) is 3.04. The van der Waals surface area contributed by atoms with Crippen molar-refractivity contribution in [1.82, 2.24) is 14.7 Å². The van der Waals surface area contributed by atoms with Crippen LogP contribution >= 0.6 is 23.8 Å². The van der Waals surface area contributed by atoms with Crippen molar-refractivity contribution in [2.24, 2.45) is 0 Å². The Morgan fingerprint density at radius 2 is 1.68 bits per heavy atom. The first-order valence-electron chi connectivity index (χ1n) is 11.5. The van der Waals surface area contributed by atoms with Crippen LogP contribution < -0.4 is 10.2 Å². The van der Waals surface area contributed by atoms with Gasteiger partial charge in [-0.2, -0.15) is 0 Å². The number of piperazine rings is 1. The third kappa shape index (κ3) is 5.75. The molecule has 2 heterocycles. The summed E-state index contributed by atoms with van der Waals surface area (Å²) < 4.78 is 0. The van der Waals surface area contributed by atoms with Crippen LogP contribution in [-0.2, 0) is 9.59 Å². The van der Waals surface area contributed by atoms with Crippen molar-refractivity contribution in [2.75, 3.05) is 56.5 Å². The van der Waals surface area contributed by atoms with Crippen LogP contribution in [0.2, 0.25) is 5.02 Å². The van der Waals surface area contributed by atoms with Gasteiger partial charge < -0.3 is 15.1 Å². The Morgan fingerprint density at radius 1 is 1.03 bits per heavy atom. The van der Waals surface area contributed by atoms with E-state index in [0.717, 1.165) is 44.0 Å².